The van der Waals surface area contributed by atoms with Crippen LogP contribution in [0.4, 0.5) is 27.9 Å². The molecular weight excluding hydrogens is 518 g/mol. The van der Waals surface area contributed by atoms with Gasteiger partial charge in [-0.05, 0) is 45.7 Å². The number of fused-ring (bicyclic) bond motifs is 1. The lowest BCUT2D eigenvalue weighted by atomic mass is 9.89. The summed E-state index contributed by atoms with van der Waals surface area (Å²) in [7, 11) is 3.18. The van der Waals surface area contributed by atoms with Crippen LogP contribution in [0.3, 0.4) is 0 Å². The number of pyridine rings is 2. The minimum absolute atomic E-state index is 0.0537. The predicted molar refractivity (Wildman–Crippen MR) is 148 cm³/mol. The number of morpholine rings is 1. The second-order valence-corrected chi connectivity index (χ2v) is 10.8. The average Bonchev–Trinajstić information content (AvgIpc) is 3.34. The number of rotatable bonds is 7. The van der Waals surface area contributed by atoms with Crippen molar-refractivity contribution in [3.05, 3.63) is 30.0 Å². The molecule has 13 heteroatoms. The number of hydrogen-bond acceptors (Lipinski definition) is 11. The molecule has 2 fully saturated rings. The molecule has 0 unspecified atom stereocenters. The van der Waals surface area contributed by atoms with E-state index in [-0.39, 0.29) is 28.9 Å². The number of nitrogens with zero attached hydrogens (tertiary/aromatic N) is 5. The summed E-state index contributed by atoms with van der Waals surface area (Å²) in [6, 6.07) is 7.16. The molecule has 0 aromatic carbocycles. The Hall–Kier alpha value is -3.97. The van der Waals surface area contributed by atoms with Crippen LogP contribution in [-0.4, -0.2) is 85.3 Å². The van der Waals surface area contributed by atoms with Crippen molar-refractivity contribution in [3.8, 4) is 0 Å². The first-order valence-electron chi connectivity index (χ1n) is 13.3. The Morgan fingerprint density at radius 3 is 2.55 bits per heavy atom. The molecule has 3 aromatic heterocycles. The number of anilines is 4. The first-order chi connectivity index (χ1) is 19.1. The second kappa shape index (κ2) is 11.3. The lowest BCUT2D eigenvalue weighted by Crippen LogP contribution is -2.51. The lowest BCUT2D eigenvalue weighted by Gasteiger charge is -2.35. The number of amides is 2. The van der Waals surface area contributed by atoms with E-state index in [9.17, 15) is 9.59 Å². The Morgan fingerprint density at radius 1 is 1.10 bits per heavy atom. The van der Waals surface area contributed by atoms with Crippen LogP contribution in [0.1, 0.15) is 44.2 Å². The standard InChI is InChI=1S/C27H35N7O6/c1-27(2,3)39-26(36)33(4)17-15-20(29-19-7-6-8-21(30-19)34-11-13-38-14-12-34)31-23-22(17)32-40-24(23)25(35)28-16-9-10-18(16)37-5/h6-8,15-16,18H,9-14H2,1-5H3,(H,28,35)(H,29,30,31)/t16-,18-/m1/s1. The smallest absolute Gasteiger partial charge is 0.414 e. The highest BCUT2D eigenvalue weighted by atomic mass is 16.6. The number of hydrogen-bond donors (Lipinski definition) is 2. The van der Waals surface area contributed by atoms with Crippen LogP contribution >= 0.6 is 0 Å². The molecule has 4 heterocycles. The Kier molecular flexibility index (Phi) is 7.76. The summed E-state index contributed by atoms with van der Waals surface area (Å²) in [5.74, 6) is 1.17. The molecule has 2 atom stereocenters. The molecule has 1 aliphatic carbocycles. The van der Waals surface area contributed by atoms with Crippen molar-refractivity contribution in [3.63, 3.8) is 0 Å². The molecule has 5 rings (SSSR count). The van der Waals surface area contributed by atoms with Gasteiger partial charge in [0.2, 0.25) is 5.76 Å². The van der Waals surface area contributed by atoms with Gasteiger partial charge in [-0.15, -0.1) is 0 Å². The zero-order valence-corrected chi connectivity index (χ0v) is 23.4. The highest BCUT2D eigenvalue weighted by Gasteiger charge is 2.34. The zero-order valence-electron chi connectivity index (χ0n) is 23.4. The molecule has 3 aromatic rings. The van der Waals surface area contributed by atoms with Crippen LogP contribution in [0.25, 0.3) is 11.0 Å². The van der Waals surface area contributed by atoms with Gasteiger partial charge in [0.05, 0.1) is 31.0 Å². The van der Waals surface area contributed by atoms with Gasteiger partial charge in [0.1, 0.15) is 28.6 Å². The van der Waals surface area contributed by atoms with E-state index in [0.717, 1.165) is 31.7 Å². The summed E-state index contributed by atoms with van der Waals surface area (Å²) in [6.07, 6.45) is 1.02. The van der Waals surface area contributed by atoms with E-state index in [4.69, 9.17) is 23.7 Å². The van der Waals surface area contributed by atoms with Crippen molar-refractivity contribution in [2.75, 3.05) is 55.6 Å². The van der Waals surface area contributed by atoms with Crippen LogP contribution in [-0.2, 0) is 14.2 Å². The van der Waals surface area contributed by atoms with Crippen molar-refractivity contribution >= 4 is 46.2 Å². The largest absolute Gasteiger partial charge is 0.443 e. The van der Waals surface area contributed by atoms with Gasteiger partial charge in [0.25, 0.3) is 5.91 Å². The second-order valence-electron chi connectivity index (χ2n) is 10.8. The third-order valence-corrected chi connectivity index (χ3v) is 6.81. The van der Waals surface area contributed by atoms with Crippen molar-refractivity contribution in [2.45, 2.75) is 51.4 Å². The molecule has 13 nitrogen and oxygen atoms in total. The molecule has 1 saturated carbocycles. The van der Waals surface area contributed by atoms with E-state index in [1.54, 1.807) is 41.0 Å². The molecule has 2 aliphatic rings. The third-order valence-electron chi connectivity index (χ3n) is 6.81. The maximum Gasteiger partial charge on any atom is 0.414 e. The summed E-state index contributed by atoms with van der Waals surface area (Å²) in [6.45, 7) is 8.13. The Balaban J connectivity index is 1.49. The monoisotopic (exact) mass is 553 g/mol. The molecule has 2 amide bonds. The lowest BCUT2D eigenvalue weighted by molar-refractivity contribution is 0.00677. The topological polar surface area (TPSA) is 144 Å². The number of aromatic nitrogens is 3. The van der Waals surface area contributed by atoms with E-state index in [2.05, 4.69) is 25.7 Å². The van der Waals surface area contributed by atoms with Crippen molar-refractivity contribution in [1.82, 2.24) is 20.4 Å². The number of carbonyl (C=O) groups excluding carboxylic acids is 2. The van der Waals surface area contributed by atoms with Crippen LogP contribution in [0.15, 0.2) is 28.8 Å². The van der Waals surface area contributed by atoms with E-state index < -0.39 is 17.6 Å². The van der Waals surface area contributed by atoms with Gasteiger partial charge in [0, 0.05) is 33.3 Å². The summed E-state index contributed by atoms with van der Waals surface area (Å²) >= 11 is 0. The number of nitrogens with one attached hydrogen (secondary N) is 2. The average molecular weight is 554 g/mol. The van der Waals surface area contributed by atoms with Gasteiger partial charge < -0.3 is 34.3 Å². The third kappa shape index (κ3) is 5.94. The van der Waals surface area contributed by atoms with E-state index in [1.807, 2.05) is 18.2 Å². The normalized spacial score (nSPS) is 19.2. The first kappa shape index (κ1) is 27.6. The highest BCUT2D eigenvalue weighted by molar-refractivity contribution is 6.07. The summed E-state index contributed by atoms with van der Waals surface area (Å²) in [5, 5.41) is 10.3. The maximum absolute atomic E-state index is 13.2. The quantitative estimate of drug-likeness (QED) is 0.444. The van der Waals surface area contributed by atoms with Crippen molar-refractivity contribution < 1.29 is 28.3 Å². The Morgan fingerprint density at radius 2 is 1.88 bits per heavy atom. The molecule has 1 saturated heterocycles. The van der Waals surface area contributed by atoms with Crippen LogP contribution < -0.4 is 20.4 Å². The minimum atomic E-state index is -0.710. The van der Waals surface area contributed by atoms with Gasteiger partial charge in [-0.3, -0.25) is 9.69 Å². The molecule has 214 valence electrons. The fourth-order valence-corrected chi connectivity index (χ4v) is 4.55. The Labute approximate surface area is 232 Å². The Bertz CT molecular complexity index is 1380. The highest BCUT2D eigenvalue weighted by Crippen LogP contribution is 2.32. The van der Waals surface area contributed by atoms with Crippen LogP contribution in [0.5, 0.6) is 0 Å². The van der Waals surface area contributed by atoms with Crippen LogP contribution in [0.2, 0.25) is 0 Å². The molecular formula is C27H35N7O6. The van der Waals surface area contributed by atoms with Gasteiger partial charge in [-0.2, -0.15) is 0 Å². The minimum Gasteiger partial charge on any atom is -0.443 e. The summed E-state index contributed by atoms with van der Waals surface area (Å²) < 4.78 is 21.9. The molecule has 0 radical (unpaired) electrons. The molecule has 1 aliphatic heterocycles. The maximum atomic E-state index is 13.2. The molecule has 0 bridgehead atoms. The fraction of sp³-hybridized carbons (Fsp3) is 0.519. The van der Waals surface area contributed by atoms with Gasteiger partial charge in [0.15, 0.2) is 5.52 Å². The van der Waals surface area contributed by atoms with Crippen LogP contribution in [0, 0.1) is 0 Å². The fourth-order valence-electron chi connectivity index (χ4n) is 4.55. The van der Waals surface area contributed by atoms with E-state index >= 15 is 0 Å². The number of carbonyl (C=O) groups is 2. The number of methoxy groups -OCH3 is 1. The van der Waals surface area contributed by atoms with Crippen molar-refractivity contribution in [1.29, 1.82) is 0 Å². The van der Waals surface area contributed by atoms with E-state index in [1.165, 1.54) is 4.90 Å². The molecule has 2 N–H and O–H groups in total. The van der Waals surface area contributed by atoms with Gasteiger partial charge >= 0.3 is 6.09 Å². The summed E-state index contributed by atoms with van der Waals surface area (Å²) in [5.41, 5.74) is 0.0895. The number of ether oxygens (including phenoxy) is 3. The van der Waals surface area contributed by atoms with E-state index in [0.29, 0.717) is 30.5 Å². The molecule has 40 heavy (non-hydrogen) atoms. The first-order valence-corrected chi connectivity index (χ1v) is 13.3. The van der Waals surface area contributed by atoms with Gasteiger partial charge in [-0.25, -0.2) is 14.8 Å². The molecule has 0 spiro atoms. The van der Waals surface area contributed by atoms with Crippen molar-refractivity contribution in [2.24, 2.45) is 0 Å². The zero-order chi connectivity index (χ0) is 28.4. The predicted octanol–water partition coefficient (Wildman–Crippen LogP) is 3.48. The SMILES string of the molecule is CO[C@@H]1CC[C@H]1NC(=O)c1onc2c(N(C)C(=O)OC(C)(C)C)cc(Nc3cccc(N4CCOCC4)n3)nc12. The summed E-state index contributed by atoms with van der Waals surface area (Å²) in [4.78, 5) is 39.0. The van der Waals surface area contributed by atoms with Gasteiger partial charge in [-0.1, -0.05) is 11.2 Å².